The number of aromatic amines is 1. The van der Waals surface area contributed by atoms with Gasteiger partial charge in [-0.1, -0.05) is 12.1 Å². The summed E-state index contributed by atoms with van der Waals surface area (Å²) >= 11 is 0. The van der Waals surface area contributed by atoms with Crippen LogP contribution in [-0.4, -0.2) is 22.4 Å². The van der Waals surface area contributed by atoms with Gasteiger partial charge in [0.25, 0.3) is 5.91 Å². The summed E-state index contributed by atoms with van der Waals surface area (Å²) in [5, 5.41) is 6.25. The van der Waals surface area contributed by atoms with Gasteiger partial charge in [-0.05, 0) is 30.2 Å². The van der Waals surface area contributed by atoms with Crippen LogP contribution in [0.25, 0.3) is 0 Å². The van der Waals surface area contributed by atoms with Crippen LogP contribution in [0.15, 0.2) is 30.7 Å². The van der Waals surface area contributed by atoms with Crippen molar-refractivity contribution in [2.45, 2.75) is 13.0 Å². The van der Waals surface area contributed by atoms with Gasteiger partial charge in [-0.2, -0.15) is 0 Å². The average molecular weight is 242 g/mol. The number of fused-ring (bicyclic) bond motifs is 1. The molecule has 0 fully saturated rings. The van der Waals surface area contributed by atoms with Gasteiger partial charge >= 0.3 is 0 Å². The first-order valence-corrected chi connectivity index (χ1v) is 5.96. The van der Waals surface area contributed by atoms with E-state index in [1.807, 2.05) is 12.1 Å². The van der Waals surface area contributed by atoms with Gasteiger partial charge in [0.15, 0.2) is 0 Å². The van der Waals surface area contributed by atoms with Crippen LogP contribution in [-0.2, 0) is 13.0 Å². The second-order valence-electron chi connectivity index (χ2n) is 4.29. The minimum Gasteiger partial charge on any atom is -0.341 e. The number of imidazole rings is 1. The number of benzene rings is 1. The van der Waals surface area contributed by atoms with E-state index in [2.05, 4.69) is 26.7 Å². The molecule has 0 saturated heterocycles. The molecule has 0 radical (unpaired) electrons. The number of hydrogen-bond acceptors (Lipinski definition) is 3. The number of rotatable bonds is 2. The average Bonchev–Trinajstić information content (AvgIpc) is 2.93. The van der Waals surface area contributed by atoms with Crippen molar-refractivity contribution in [2.75, 3.05) is 11.9 Å². The topological polar surface area (TPSA) is 69.8 Å². The first-order chi connectivity index (χ1) is 8.84. The minimum absolute atomic E-state index is 0.153. The first-order valence-electron chi connectivity index (χ1n) is 5.96. The van der Waals surface area contributed by atoms with Gasteiger partial charge in [-0.3, -0.25) is 4.79 Å². The molecule has 0 unspecified atom stereocenters. The fourth-order valence-electron chi connectivity index (χ4n) is 2.22. The summed E-state index contributed by atoms with van der Waals surface area (Å²) in [6, 6.07) is 6.00. The van der Waals surface area contributed by atoms with E-state index in [-0.39, 0.29) is 5.91 Å². The summed E-state index contributed by atoms with van der Waals surface area (Å²) in [6.07, 6.45) is 3.96. The van der Waals surface area contributed by atoms with Gasteiger partial charge in [0.1, 0.15) is 5.69 Å². The molecule has 2 aromatic rings. The van der Waals surface area contributed by atoms with Crippen molar-refractivity contribution < 1.29 is 4.79 Å². The molecule has 1 amide bonds. The van der Waals surface area contributed by atoms with Crippen LogP contribution in [0, 0.1) is 0 Å². The van der Waals surface area contributed by atoms with Gasteiger partial charge in [-0.15, -0.1) is 0 Å². The maximum atomic E-state index is 12.0. The van der Waals surface area contributed by atoms with Crippen molar-refractivity contribution in [3.63, 3.8) is 0 Å². The predicted octanol–water partition coefficient (Wildman–Crippen LogP) is 1.31. The van der Waals surface area contributed by atoms with Crippen molar-refractivity contribution in [1.29, 1.82) is 0 Å². The van der Waals surface area contributed by atoms with Crippen molar-refractivity contribution in [1.82, 2.24) is 15.3 Å². The van der Waals surface area contributed by atoms with Crippen LogP contribution in [0.2, 0.25) is 0 Å². The molecule has 0 bridgehead atoms. The highest BCUT2D eigenvalue weighted by atomic mass is 16.1. The summed E-state index contributed by atoms with van der Waals surface area (Å²) < 4.78 is 0. The van der Waals surface area contributed by atoms with E-state index in [9.17, 15) is 4.79 Å². The predicted molar refractivity (Wildman–Crippen MR) is 68.4 cm³/mol. The highest BCUT2D eigenvalue weighted by molar-refractivity contribution is 6.03. The number of anilines is 1. The van der Waals surface area contributed by atoms with Crippen molar-refractivity contribution in [2.24, 2.45) is 0 Å². The Morgan fingerprint density at radius 2 is 2.33 bits per heavy atom. The lowest BCUT2D eigenvalue weighted by Crippen LogP contribution is -2.25. The normalized spacial score (nSPS) is 14.0. The molecule has 1 aromatic carbocycles. The van der Waals surface area contributed by atoms with Crippen LogP contribution in [0.5, 0.6) is 0 Å². The Bertz CT molecular complexity index is 562. The molecule has 1 aliphatic heterocycles. The molecule has 0 spiro atoms. The van der Waals surface area contributed by atoms with E-state index < -0.39 is 0 Å². The van der Waals surface area contributed by atoms with E-state index in [1.165, 1.54) is 23.7 Å². The third kappa shape index (κ3) is 2.00. The number of aromatic nitrogens is 2. The Morgan fingerprint density at radius 1 is 1.39 bits per heavy atom. The molecule has 18 heavy (non-hydrogen) atoms. The van der Waals surface area contributed by atoms with E-state index in [4.69, 9.17) is 0 Å². The number of carbonyl (C=O) groups excluding carboxylic acids is 1. The van der Waals surface area contributed by atoms with Gasteiger partial charge in [0.2, 0.25) is 0 Å². The van der Waals surface area contributed by atoms with Crippen LogP contribution >= 0.6 is 0 Å². The lowest BCUT2D eigenvalue weighted by molar-refractivity contribution is 0.102. The monoisotopic (exact) mass is 242 g/mol. The van der Waals surface area contributed by atoms with Crippen LogP contribution in [0.4, 0.5) is 5.69 Å². The fraction of sp³-hybridized carbons (Fsp3) is 0.231. The second kappa shape index (κ2) is 4.62. The molecule has 0 atom stereocenters. The number of amides is 1. The molecule has 92 valence electrons. The first kappa shape index (κ1) is 11.0. The van der Waals surface area contributed by atoms with Gasteiger partial charge < -0.3 is 15.6 Å². The zero-order valence-electron chi connectivity index (χ0n) is 9.86. The summed E-state index contributed by atoms with van der Waals surface area (Å²) in [4.78, 5) is 18.6. The van der Waals surface area contributed by atoms with Crippen LogP contribution in [0.1, 0.15) is 21.6 Å². The molecular formula is C13H14N4O. The van der Waals surface area contributed by atoms with Crippen molar-refractivity contribution >= 4 is 11.6 Å². The SMILES string of the molecule is O=C(Nc1cccc2c1CCNC2)c1cnc[nH]1. The van der Waals surface area contributed by atoms with E-state index in [0.29, 0.717) is 5.69 Å². The van der Waals surface area contributed by atoms with Crippen molar-refractivity contribution in [3.05, 3.63) is 47.5 Å². The third-order valence-electron chi connectivity index (χ3n) is 3.13. The zero-order chi connectivity index (χ0) is 12.4. The number of nitrogens with one attached hydrogen (secondary N) is 3. The lowest BCUT2D eigenvalue weighted by atomic mass is 9.99. The Balaban J connectivity index is 1.87. The molecule has 2 heterocycles. The highest BCUT2D eigenvalue weighted by Crippen LogP contribution is 2.23. The number of hydrogen-bond donors (Lipinski definition) is 3. The largest absolute Gasteiger partial charge is 0.341 e. The second-order valence-corrected chi connectivity index (χ2v) is 4.29. The molecule has 0 aliphatic carbocycles. The Morgan fingerprint density at radius 3 is 3.17 bits per heavy atom. The number of carbonyl (C=O) groups is 1. The molecule has 1 aliphatic rings. The molecule has 3 N–H and O–H groups in total. The zero-order valence-corrected chi connectivity index (χ0v) is 9.86. The molecule has 5 heteroatoms. The maximum absolute atomic E-state index is 12.0. The van der Waals surface area contributed by atoms with Gasteiger partial charge in [0.05, 0.1) is 12.5 Å². The van der Waals surface area contributed by atoms with Gasteiger partial charge in [0, 0.05) is 12.2 Å². The quantitative estimate of drug-likeness (QED) is 0.743. The third-order valence-corrected chi connectivity index (χ3v) is 3.13. The smallest absolute Gasteiger partial charge is 0.273 e. The maximum Gasteiger partial charge on any atom is 0.273 e. The standard InChI is InChI=1S/C13H14N4O/c18-13(12-7-15-8-16-12)17-11-3-1-2-9-6-14-5-4-10(9)11/h1-3,7-8,14H,4-6H2,(H,15,16)(H,17,18). The van der Waals surface area contributed by atoms with E-state index in [1.54, 1.807) is 0 Å². The minimum atomic E-state index is -0.153. The van der Waals surface area contributed by atoms with Crippen LogP contribution in [0.3, 0.4) is 0 Å². The summed E-state index contributed by atoms with van der Waals surface area (Å²) in [7, 11) is 0. The number of nitrogens with zero attached hydrogens (tertiary/aromatic N) is 1. The highest BCUT2D eigenvalue weighted by Gasteiger charge is 2.15. The summed E-state index contributed by atoms with van der Waals surface area (Å²) in [5.41, 5.74) is 3.85. The van der Waals surface area contributed by atoms with Crippen LogP contribution < -0.4 is 10.6 Å². The lowest BCUT2D eigenvalue weighted by Gasteiger charge is -2.20. The summed E-state index contributed by atoms with van der Waals surface area (Å²) in [5.74, 6) is -0.153. The molecular weight excluding hydrogens is 228 g/mol. The van der Waals surface area contributed by atoms with Crippen molar-refractivity contribution in [3.8, 4) is 0 Å². The molecule has 3 rings (SSSR count). The number of H-pyrrole nitrogens is 1. The summed E-state index contributed by atoms with van der Waals surface area (Å²) in [6.45, 7) is 1.81. The van der Waals surface area contributed by atoms with E-state index >= 15 is 0 Å². The Hall–Kier alpha value is -2.14. The molecule has 1 aromatic heterocycles. The molecule has 5 nitrogen and oxygen atoms in total. The Labute approximate surface area is 105 Å². The Kier molecular flexibility index (Phi) is 2.82. The van der Waals surface area contributed by atoms with Gasteiger partial charge in [-0.25, -0.2) is 4.98 Å². The fourth-order valence-corrected chi connectivity index (χ4v) is 2.22. The molecule has 0 saturated carbocycles. The van der Waals surface area contributed by atoms with E-state index in [0.717, 1.165) is 25.2 Å².